The molecule has 0 aromatic rings. The lowest BCUT2D eigenvalue weighted by Crippen LogP contribution is -2.36. The van der Waals surface area contributed by atoms with Crippen LogP contribution in [0.1, 0.15) is 12.8 Å². The lowest BCUT2D eigenvalue weighted by Gasteiger charge is -2.27. The van der Waals surface area contributed by atoms with Crippen LogP contribution in [-0.4, -0.2) is 45.0 Å². The molecular weight excluding hydrogens is 162 g/mol. The van der Waals surface area contributed by atoms with Crippen LogP contribution in [0, 0.1) is 0 Å². The maximum atomic E-state index is 11.0. The van der Waals surface area contributed by atoms with Crippen molar-refractivity contribution in [3.05, 3.63) is 0 Å². The minimum atomic E-state index is -2.68. The SMILES string of the molecule is CN(C)C1CCS(=O)(=O)CC1. The van der Waals surface area contributed by atoms with Crippen LogP contribution in [0.4, 0.5) is 0 Å². The molecule has 0 spiro atoms. The average Bonchev–Trinajstić information content (AvgIpc) is 1.86. The minimum absolute atomic E-state index is 0.371. The van der Waals surface area contributed by atoms with Gasteiger partial charge in [0.05, 0.1) is 11.5 Å². The average molecular weight is 177 g/mol. The van der Waals surface area contributed by atoms with E-state index in [4.69, 9.17) is 0 Å². The van der Waals surface area contributed by atoms with E-state index in [9.17, 15) is 8.42 Å². The zero-order valence-electron chi connectivity index (χ0n) is 7.08. The molecular formula is C7H15NO2S. The Bertz CT molecular complexity index is 207. The van der Waals surface area contributed by atoms with Crippen molar-refractivity contribution in [1.29, 1.82) is 0 Å². The van der Waals surface area contributed by atoms with E-state index >= 15 is 0 Å². The van der Waals surface area contributed by atoms with Gasteiger partial charge in [-0.2, -0.15) is 0 Å². The molecule has 0 atom stereocenters. The topological polar surface area (TPSA) is 37.4 Å². The van der Waals surface area contributed by atoms with Crippen molar-refractivity contribution in [1.82, 2.24) is 4.90 Å². The van der Waals surface area contributed by atoms with Gasteiger partial charge in [0.25, 0.3) is 0 Å². The van der Waals surface area contributed by atoms with E-state index in [0.717, 1.165) is 12.8 Å². The maximum Gasteiger partial charge on any atom is 0.150 e. The fourth-order valence-electron chi connectivity index (χ4n) is 1.39. The van der Waals surface area contributed by atoms with Crippen molar-refractivity contribution in [2.75, 3.05) is 25.6 Å². The smallest absolute Gasteiger partial charge is 0.150 e. The molecule has 11 heavy (non-hydrogen) atoms. The summed E-state index contributed by atoms with van der Waals surface area (Å²) in [7, 11) is 1.33. The number of hydrogen-bond acceptors (Lipinski definition) is 3. The summed E-state index contributed by atoms with van der Waals surface area (Å²) in [6.45, 7) is 0. The molecule has 0 bridgehead atoms. The van der Waals surface area contributed by atoms with Gasteiger partial charge >= 0.3 is 0 Å². The first-order valence-corrected chi connectivity index (χ1v) is 5.70. The largest absolute Gasteiger partial charge is 0.306 e. The Morgan fingerprint density at radius 2 is 1.64 bits per heavy atom. The first kappa shape index (κ1) is 9.00. The van der Waals surface area contributed by atoms with Crippen molar-refractivity contribution < 1.29 is 8.42 Å². The highest BCUT2D eigenvalue weighted by atomic mass is 32.2. The van der Waals surface area contributed by atoms with Gasteiger partial charge in [-0.15, -0.1) is 0 Å². The molecule has 0 radical (unpaired) electrons. The standard InChI is InChI=1S/C7H15NO2S/c1-8(2)7-3-5-11(9,10)6-4-7/h7H,3-6H2,1-2H3. The van der Waals surface area contributed by atoms with Crippen molar-refractivity contribution in [2.24, 2.45) is 0 Å². The first-order chi connectivity index (χ1) is 5.01. The molecule has 0 amide bonds. The Morgan fingerprint density at radius 1 is 1.18 bits per heavy atom. The van der Waals surface area contributed by atoms with Gasteiger partial charge in [-0.3, -0.25) is 0 Å². The summed E-state index contributed by atoms with van der Waals surface area (Å²) >= 11 is 0. The van der Waals surface area contributed by atoms with Crippen LogP contribution in [0.5, 0.6) is 0 Å². The Kier molecular flexibility index (Phi) is 2.54. The summed E-state index contributed by atoms with van der Waals surface area (Å²) in [5.74, 6) is 0.742. The molecule has 0 saturated carbocycles. The van der Waals surface area contributed by atoms with E-state index in [2.05, 4.69) is 4.90 Å². The molecule has 1 fully saturated rings. The second-order valence-electron chi connectivity index (χ2n) is 3.35. The summed E-state index contributed by atoms with van der Waals surface area (Å²) in [5, 5.41) is 0. The van der Waals surface area contributed by atoms with E-state index in [-0.39, 0.29) is 0 Å². The third-order valence-electron chi connectivity index (χ3n) is 2.25. The normalized spacial score (nSPS) is 25.7. The van der Waals surface area contributed by atoms with Gasteiger partial charge in [-0.05, 0) is 26.9 Å². The number of hydrogen-bond donors (Lipinski definition) is 0. The van der Waals surface area contributed by atoms with Crippen LogP contribution in [0.2, 0.25) is 0 Å². The van der Waals surface area contributed by atoms with Gasteiger partial charge in [0.1, 0.15) is 9.84 Å². The molecule has 0 unspecified atom stereocenters. The lowest BCUT2D eigenvalue weighted by molar-refractivity contribution is 0.274. The Balaban J connectivity index is 2.49. The van der Waals surface area contributed by atoms with Gasteiger partial charge < -0.3 is 4.90 Å². The molecule has 4 heteroatoms. The molecule has 0 aliphatic carbocycles. The van der Waals surface area contributed by atoms with Crippen LogP contribution < -0.4 is 0 Å². The van der Waals surface area contributed by atoms with Gasteiger partial charge in [0.15, 0.2) is 0 Å². The quantitative estimate of drug-likeness (QED) is 0.571. The van der Waals surface area contributed by atoms with E-state index in [0.29, 0.717) is 17.5 Å². The second-order valence-corrected chi connectivity index (χ2v) is 5.65. The van der Waals surface area contributed by atoms with Gasteiger partial charge in [-0.25, -0.2) is 8.42 Å². The molecule has 1 rings (SSSR count). The van der Waals surface area contributed by atoms with Crippen LogP contribution in [0.3, 0.4) is 0 Å². The highest BCUT2D eigenvalue weighted by Crippen LogP contribution is 2.15. The highest BCUT2D eigenvalue weighted by molar-refractivity contribution is 7.91. The maximum absolute atomic E-state index is 11.0. The predicted octanol–water partition coefficient (Wildman–Crippen LogP) is 0.125. The molecule has 0 aromatic heterocycles. The molecule has 1 aliphatic heterocycles. The van der Waals surface area contributed by atoms with Gasteiger partial charge in [0.2, 0.25) is 0 Å². The molecule has 3 nitrogen and oxygen atoms in total. The monoisotopic (exact) mass is 177 g/mol. The Morgan fingerprint density at radius 3 is 2.00 bits per heavy atom. The molecule has 1 aliphatic rings. The van der Waals surface area contributed by atoms with Crippen LogP contribution in [-0.2, 0) is 9.84 Å². The summed E-state index contributed by atoms with van der Waals surface area (Å²) in [4.78, 5) is 2.11. The fourth-order valence-corrected chi connectivity index (χ4v) is 2.86. The van der Waals surface area contributed by atoms with Crippen molar-refractivity contribution in [2.45, 2.75) is 18.9 Å². The molecule has 1 heterocycles. The van der Waals surface area contributed by atoms with Gasteiger partial charge in [-0.1, -0.05) is 0 Å². The molecule has 1 saturated heterocycles. The fraction of sp³-hybridized carbons (Fsp3) is 1.00. The summed E-state index contributed by atoms with van der Waals surface area (Å²) in [5.41, 5.74) is 0. The Hall–Kier alpha value is -0.0900. The van der Waals surface area contributed by atoms with Crippen LogP contribution >= 0.6 is 0 Å². The third-order valence-corrected chi connectivity index (χ3v) is 3.97. The summed E-state index contributed by atoms with van der Waals surface area (Å²) in [6.07, 6.45) is 1.60. The van der Waals surface area contributed by atoms with E-state index in [1.54, 1.807) is 0 Å². The number of nitrogens with zero attached hydrogens (tertiary/aromatic N) is 1. The Labute approximate surface area is 68.3 Å². The van der Waals surface area contributed by atoms with E-state index < -0.39 is 9.84 Å². The van der Waals surface area contributed by atoms with Crippen LogP contribution in [0.15, 0.2) is 0 Å². The van der Waals surface area contributed by atoms with E-state index in [1.165, 1.54) is 0 Å². The van der Waals surface area contributed by atoms with Crippen LogP contribution in [0.25, 0.3) is 0 Å². The zero-order valence-corrected chi connectivity index (χ0v) is 7.89. The zero-order chi connectivity index (χ0) is 8.48. The molecule has 66 valence electrons. The summed E-state index contributed by atoms with van der Waals surface area (Å²) in [6, 6.07) is 0.471. The minimum Gasteiger partial charge on any atom is -0.306 e. The number of sulfone groups is 1. The van der Waals surface area contributed by atoms with Crippen molar-refractivity contribution in [3.63, 3.8) is 0 Å². The number of rotatable bonds is 1. The summed E-state index contributed by atoms with van der Waals surface area (Å²) < 4.78 is 22.0. The van der Waals surface area contributed by atoms with Crippen molar-refractivity contribution in [3.8, 4) is 0 Å². The van der Waals surface area contributed by atoms with Gasteiger partial charge in [0, 0.05) is 6.04 Å². The molecule has 0 N–H and O–H groups in total. The van der Waals surface area contributed by atoms with E-state index in [1.807, 2.05) is 14.1 Å². The highest BCUT2D eigenvalue weighted by Gasteiger charge is 2.24. The second kappa shape index (κ2) is 3.11. The predicted molar refractivity (Wildman–Crippen MR) is 45.4 cm³/mol. The molecule has 0 aromatic carbocycles. The first-order valence-electron chi connectivity index (χ1n) is 3.88. The third kappa shape index (κ3) is 2.45. The lowest BCUT2D eigenvalue weighted by atomic mass is 10.1. The van der Waals surface area contributed by atoms with Crippen molar-refractivity contribution >= 4 is 9.84 Å².